The van der Waals surface area contributed by atoms with Crippen LogP contribution in [0.2, 0.25) is 0 Å². The molecule has 5 amide bonds. The molecule has 3 aromatic rings. The van der Waals surface area contributed by atoms with E-state index in [1.54, 1.807) is 17.0 Å². The van der Waals surface area contributed by atoms with Crippen LogP contribution in [0.5, 0.6) is 17.2 Å². The topological polar surface area (TPSA) is 220 Å². The van der Waals surface area contributed by atoms with Gasteiger partial charge in [0.2, 0.25) is 29.5 Å². The van der Waals surface area contributed by atoms with Gasteiger partial charge in [-0.3, -0.25) is 34.6 Å². The number of fused-ring (bicyclic) bond motifs is 1. The first-order valence-electron chi connectivity index (χ1n) is 19.9. The van der Waals surface area contributed by atoms with Gasteiger partial charge in [0.1, 0.15) is 25.0 Å². The van der Waals surface area contributed by atoms with Gasteiger partial charge in [0.05, 0.1) is 51.1 Å². The molecule has 16 heteroatoms. The average Bonchev–Trinajstić information content (AvgIpc) is 3.22. The van der Waals surface area contributed by atoms with Gasteiger partial charge < -0.3 is 45.3 Å². The highest BCUT2D eigenvalue weighted by Crippen LogP contribution is 2.26. The number of hydrogen-bond acceptors (Lipinski definition) is 12. The minimum atomic E-state index is -1.04. The average molecular weight is 819 g/mol. The fourth-order valence-electron chi connectivity index (χ4n) is 6.20. The lowest BCUT2D eigenvalue weighted by atomic mass is 9.99. The van der Waals surface area contributed by atoms with Crippen molar-refractivity contribution in [1.29, 1.82) is 0 Å². The number of nitrogens with one attached hydrogen (secondary N) is 4. The molecule has 59 heavy (non-hydrogen) atoms. The van der Waals surface area contributed by atoms with Crippen molar-refractivity contribution in [2.24, 2.45) is 11.7 Å². The van der Waals surface area contributed by atoms with E-state index in [-0.39, 0.29) is 83.1 Å². The quantitative estimate of drug-likeness (QED) is 0.129. The third-order valence-corrected chi connectivity index (χ3v) is 9.32. The predicted molar refractivity (Wildman–Crippen MR) is 220 cm³/mol. The first kappa shape index (κ1) is 46.1. The van der Waals surface area contributed by atoms with Gasteiger partial charge in [-0.05, 0) is 67.5 Å². The third-order valence-electron chi connectivity index (χ3n) is 9.32. The highest BCUT2D eigenvalue weighted by atomic mass is 16.6. The number of para-hydroxylation sites is 2. The van der Waals surface area contributed by atoms with E-state index in [0.717, 1.165) is 11.1 Å². The van der Waals surface area contributed by atoms with Crippen molar-refractivity contribution in [2.45, 2.75) is 64.2 Å². The minimum Gasteiger partial charge on any atom is -0.508 e. The fourth-order valence-corrected chi connectivity index (χ4v) is 6.20. The van der Waals surface area contributed by atoms with Crippen molar-refractivity contribution >= 4 is 29.5 Å². The Balaban J connectivity index is 1.36. The molecule has 7 N–H and O–H groups in total. The Morgan fingerprint density at radius 3 is 1.86 bits per heavy atom. The van der Waals surface area contributed by atoms with Crippen molar-refractivity contribution in [3.8, 4) is 17.2 Å². The molecule has 4 rings (SSSR count). The molecule has 1 aliphatic heterocycles. The summed E-state index contributed by atoms with van der Waals surface area (Å²) in [6.45, 7) is 7.01. The lowest BCUT2D eigenvalue weighted by Crippen LogP contribution is -2.57. The summed E-state index contributed by atoms with van der Waals surface area (Å²) in [6, 6.07) is 19.0. The molecule has 0 spiro atoms. The van der Waals surface area contributed by atoms with Gasteiger partial charge in [-0.1, -0.05) is 68.4 Å². The second-order valence-electron chi connectivity index (χ2n) is 14.6. The summed E-state index contributed by atoms with van der Waals surface area (Å²) in [5.41, 5.74) is 7.55. The molecule has 1 aliphatic rings. The summed E-state index contributed by atoms with van der Waals surface area (Å²) in [4.78, 5) is 68.2. The van der Waals surface area contributed by atoms with Gasteiger partial charge in [0.25, 0.3) is 0 Å². The number of phenolic OH excluding ortho intramolecular Hbond substituents is 1. The number of imide groups is 1. The lowest BCUT2D eigenvalue weighted by Gasteiger charge is -2.31. The van der Waals surface area contributed by atoms with E-state index in [9.17, 15) is 29.1 Å². The summed E-state index contributed by atoms with van der Waals surface area (Å²) >= 11 is 0. The summed E-state index contributed by atoms with van der Waals surface area (Å²) in [5, 5.41) is 20.1. The normalized spacial score (nSPS) is 16.0. The predicted octanol–water partition coefficient (Wildman–Crippen LogP) is 1.47. The molecule has 1 heterocycles. The van der Waals surface area contributed by atoms with E-state index in [4.69, 9.17) is 24.7 Å². The Hall–Kier alpha value is -5.55. The number of phenols is 1. The van der Waals surface area contributed by atoms with E-state index in [1.807, 2.05) is 68.4 Å². The maximum absolute atomic E-state index is 14.3. The van der Waals surface area contributed by atoms with Crippen molar-refractivity contribution in [3.05, 3.63) is 90.0 Å². The molecule has 0 radical (unpaired) electrons. The number of hydrogen-bond donors (Lipinski definition) is 6. The molecule has 4 atom stereocenters. The number of amides is 5. The number of carbonyl (C=O) groups excluding carboxylic acids is 5. The van der Waals surface area contributed by atoms with E-state index in [0.29, 0.717) is 17.9 Å². The first-order valence-corrected chi connectivity index (χ1v) is 19.9. The Morgan fingerprint density at radius 1 is 0.695 bits per heavy atom. The van der Waals surface area contributed by atoms with E-state index in [2.05, 4.69) is 21.3 Å². The molecule has 0 bridgehead atoms. The van der Waals surface area contributed by atoms with Crippen molar-refractivity contribution in [3.63, 3.8) is 0 Å². The maximum Gasteiger partial charge on any atom is 0.245 e. The number of ether oxygens (including phenoxy) is 4. The van der Waals surface area contributed by atoms with E-state index >= 15 is 0 Å². The number of nitrogens with zero attached hydrogens (tertiary/aromatic N) is 1. The second kappa shape index (κ2) is 24.4. The van der Waals surface area contributed by atoms with Crippen LogP contribution >= 0.6 is 0 Å². The van der Waals surface area contributed by atoms with Crippen molar-refractivity contribution < 1.29 is 48.0 Å². The van der Waals surface area contributed by atoms with Crippen LogP contribution in [0.1, 0.15) is 38.3 Å². The van der Waals surface area contributed by atoms with Gasteiger partial charge in [0.15, 0.2) is 11.5 Å². The van der Waals surface area contributed by atoms with E-state index < -0.39 is 54.3 Å². The Bertz CT molecular complexity index is 1760. The molecule has 16 nitrogen and oxygen atoms in total. The zero-order valence-electron chi connectivity index (χ0n) is 34.0. The van der Waals surface area contributed by atoms with E-state index in [1.165, 1.54) is 19.1 Å². The molecular formula is C43H58N6O10. The zero-order valence-corrected chi connectivity index (χ0v) is 34.0. The smallest absolute Gasteiger partial charge is 0.245 e. The molecule has 0 aliphatic carbocycles. The van der Waals surface area contributed by atoms with Crippen LogP contribution in [0, 0.1) is 5.92 Å². The number of rotatable bonds is 15. The highest BCUT2D eigenvalue weighted by Gasteiger charge is 2.31. The van der Waals surface area contributed by atoms with Crippen LogP contribution < -0.4 is 36.5 Å². The SMILES string of the molecule is CC(C)C[C@H](N[C@@H](Cc1ccccc1)C(=O)NC(=O)CNC(=O)[C@@H](C)NC(=O)[C@@H](N)Cc1ccc(O)cc1)C(=O)N1CCOCCOc2ccccc2OCCOCC1. The lowest BCUT2D eigenvalue weighted by molar-refractivity contribution is -0.136. The molecule has 0 fully saturated rings. The third kappa shape index (κ3) is 16.3. The van der Waals surface area contributed by atoms with Crippen molar-refractivity contribution in [1.82, 2.24) is 26.2 Å². The Morgan fingerprint density at radius 2 is 1.27 bits per heavy atom. The van der Waals surface area contributed by atoms with Crippen LogP contribution in [0.3, 0.4) is 0 Å². The summed E-state index contributed by atoms with van der Waals surface area (Å²) in [6.07, 6.45) is 0.730. The van der Waals surface area contributed by atoms with Gasteiger partial charge in [-0.15, -0.1) is 0 Å². The maximum atomic E-state index is 14.3. The molecule has 0 saturated carbocycles. The van der Waals surface area contributed by atoms with Crippen LogP contribution in [-0.4, -0.2) is 123 Å². The first-order chi connectivity index (χ1) is 28.4. The minimum absolute atomic E-state index is 0.0606. The molecule has 0 saturated heterocycles. The zero-order chi connectivity index (χ0) is 42.6. The van der Waals surface area contributed by atoms with Gasteiger partial charge in [-0.25, -0.2) is 0 Å². The van der Waals surface area contributed by atoms with Gasteiger partial charge >= 0.3 is 0 Å². The largest absolute Gasteiger partial charge is 0.508 e. The summed E-state index contributed by atoms with van der Waals surface area (Å²) < 4.78 is 23.4. The van der Waals surface area contributed by atoms with Gasteiger partial charge in [-0.2, -0.15) is 0 Å². The highest BCUT2D eigenvalue weighted by molar-refractivity contribution is 6.00. The fraction of sp³-hybridized carbons (Fsp3) is 0.465. The molecule has 0 aromatic heterocycles. The monoisotopic (exact) mass is 818 g/mol. The number of benzene rings is 3. The van der Waals surface area contributed by atoms with Crippen LogP contribution in [0.25, 0.3) is 0 Å². The number of carbonyl (C=O) groups is 5. The summed E-state index contributed by atoms with van der Waals surface area (Å²) in [7, 11) is 0. The Kier molecular flexibility index (Phi) is 19.1. The van der Waals surface area contributed by atoms with Crippen LogP contribution in [-0.2, 0) is 46.3 Å². The van der Waals surface area contributed by atoms with Crippen LogP contribution in [0.15, 0.2) is 78.9 Å². The molecule has 3 aromatic carbocycles. The Labute approximate surface area is 345 Å². The standard InChI is InChI=1S/C43H58N6O10/c1-29(2)25-36(43(55)49-17-19-56-21-23-58-37-11-7-8-12-38(37)59-24-22-57-20-18-49)47-35(27-31-9-5-4-6-10-31)42(54)48-39(51)28-45-40(52)30(3)46-41(53)34(44)26-32-13-15-33(50)16-14-32/h4-16,29-30,34-36,47,50H,17-28,44H2,1-3H3,(H,45,52)(H,46,53)(H,48,51,54)/t30-,34+,35+,36+/m1/s1. The van der Waals surface area contributed by atoms with Crippen molar-refractivity contribution in [2.75, 3.05) is 59.3 Å². The number of nitrogens with two attached hydrogens (primary N) is 1. The second-order valence-corrected chi connectivity index (χ2v) is 14.6. The summed E-state index contributed by atoms with van der Waals surface area (Å²) in [5.74, 6) is -1.61. The molecule has 0 unspecified atom stereocenters. The van der Waals surface area contributed by atoms with Crippen LogP contribution in [0.4, 0.5) is 0 Å². The molecule has 320 valence electrons. The molecular weight excluding hydrogens is 761 g/mol. The number of aromatic hydroxyl groups is 1. The van der Waals surface area contributed by atoms with Gasteiger partial charge in [0, 0.05) is 13.1 Å².